The second-order valence-electron chi connectivity index (χ2n) is 17.2. The zero-order valence-corrected chi connectivity index (χ0v) is 29.0. The van der Waals surface area contributed by atoms with Crippen molar-refractivity contribution in [3.05, 3.63) is 78.2 Å². The highest BCUT2D eigenvalue weighted by Gasteiger charge is 2.72. The van der Waals surface area contributed by atoms with Crippen molar-refractivity contribution in [1.29, 1.82) is 0 Å². The van der Waals surface area contributed by atoms with Crippen LogP contribution in [0.3, 0.4) is 0 Å². The second kappa shape index (κ2) is 10.9. The van der Waals surface area contributed by atoms with Crippen LogP contribution in [0.4, 0.5) is 0 Å². The third-order valence-corrected chi connectivity index (χ3v) is 15.3. The lowest BCUT2D eigenvalue weighted by Crippen LogP contribution is -2.67. The fraction of sp³-hybridized carbons (Fsp3) is 0.659. The van der Waals surface area contributed by atoms with Crippen LogP contribution in [-0.2, 0) is 34.5 Å². The van der Waals surface area contributed by atoms with Gasteiger partial charge in [-0.05, 0) is 122 Å². The lowest BCUT2D eigenvalue weighted by molar-refractivity contribution is -0.231. The average molecular weight is 625 g/mol. The Kier molecular flexibility index (Phi) is 7.59. The largest absolute Gasteiger partial charge is 0.460 e. The molecule has 0 bridgehead atoms. The van der Waals surface area contributed by atoms with E-state index in [0.717, 1.165) is 56.2 Å². The van der Waals surface area contributed by atoms with Crippen molar-refractivity contribution in [3.8, 4) is 0 Å². The Hall–Kier alpha value is -2.66. The molecule has 1 heterocycles. The number of nitrogens with zero attached hydrogens (tertiary/aromatic N) is 2. The number of benzene rings is 1. The number of rotatable bonds is 7. The standard InChI is InChI=1S/C41H56N2O3/c1-8-22-43-24-29-23-37(4)32(38(5,26-44)35(29)42-43)17-18-40(7)33(37)15-14-31-34-30(27(2)3)16-19-41(34,21-20-39(31,40)6)36(45)46-25-28-12-10-9-11-13-28/h8-13,24,30-34,44H,1-2,14-23,25-26H2,3-7H3/t30-,31+,32+,33+,34+,37-,38-,39+,40+,41-/m0/s1. The van der Waals surface area contributed by atoms with Gasteiger partial charge in [0.25, 0.3) is 0 Å². The molecule has 4 saturated carbocycles. The third-order valence-electron chi connectivity index (χ3n) is 15.3. The number of aliphatic hydroxyl groups excluding tert-OH is 1. The van der Waals surface area contributed by atoms with Gasteiger partial charge in [0.1, 0.15) is 6.61 Å². The molecule has 1 aromatic carbocycles. The van der Waals surface area contributed by atoms with Gasteiger partial charge in [0, 0.05) is 11.6 Å². The molecule has 46 heavy (non-hydrogen) atoms. The summed E-state index contributed by atoms with van der Waals surface area (Å²) in [4.78, 5) is 14.3. The maximum absolute atomic E-state index is 14.3. The van der Waals surface area contributed by atoms with E-state index in [1.807, 2.05) is 41.1 Å². The van der Waals surface area contributed by atoms with Crippen LogP contribution in [0.25, 0.3) is 0 Å². The van der Waals surface area contributed by atoms with Crippen LogP contribution in [0.5, 0.6) is 0 Å². The van der Waals surface area contributed by atoms with Gasteiger partial charge in [-0.3, -0.25) is 9.48 Å². The predicted molar refractivity (Wildman–Crippen MR) is 183 cm³/mol. The maximum Gasteiger partial charge on any atom is 0.312 e. The normalized spacial score (nSPS) is 42.5. The van der Waals surface area contributed by atoms with Crippen molar-refractivity contribution in [2.75, 3.05) is 6.61 Å². The molecule has 10 atom stereocenters. The topological polar surface area (TPSA) is 64.3 Å². The molecule has 5 aliphatic carbocycles. The number of carbonyl (C=O) groups is 1. The SMILES string of the molecule is C=CCn1cc2c(n1)[C@@](C)(CO)[C@@H]1CC[C@]3(C)[C@H](CC[C@@H]4[C@H]5[C@H](C(=C)C)CC[C@]5(C(=O)OCc5ccccc5)CC[C@]43C)[C@@]1(C)C2. The fourth-order valence-corrected chi connectivity index (χ4v) is 13.1. The number of ether oxygens (including phenoxy) is 1. The Bertz CT molecular complexity index is 1530. The van der Waals surface area contributed by atoms with Crippen LogP contribution in [0, 0.1) is 51.2 Å². The molecular formula is C41H56N2O3. The van der Waals surface area contributed by atoms with Gasteiger partial charge in [0.15, 0.2) is 0 Å². The minimum atomic E-state index is -0.415. The number of carbonyl (C=O) groups excluding carboxylic acids is 1. The van der Waals surface area contributed by atoms with E-state index < -0.39 is 5.41 Å². The molecule has 0 spiro atoms. The highest BCUT2D eigenvalue weighted by Crippen LogP contribution is 2.77. The van der Waals surface area contributed by atoms with Crippen LogP contribution >= 0.6 is 0 Å². The number of esters is 1. The van der Waals surface area contributed by atoms with Gasteiger partial charge in [0.05, 0.1) is 24.3 Å². The molecule has 7 rings (SSSR count). The minimum Gasteiger partial charge on any atom is -0.460 e. The summed E-state index contributed by atoms with van der Waals surface area (Å²) in [5.41, 5.74) is 4.29. The van der Waals surface area contributed by atoms with Crippen LogP contribution in [0.1, 0.15) is 103 Å². The van der Waals surface area contributed by atoms with Crippen molar-refractivity contribution in [3.63, 3.8) is 0 Å². The first-order valence-corrected chi connectivity index (χ1v) is 18.0. The molecule has 1 N–H and O–H groups in total. The number of hydrogen-bond donors (Lipinski definition) is 1. The number of aliphatic hydroxyl groups is 1. The highest BCUT2D eigenvalue weighted by atomic mass is 16.5. The second-order valence-corrected chi connectivity index (χ2v) is 17.2. The van der Waals surface area contributed by atoms with Gasteiger partial charge in [-0.2, -0.15) is 5.10 Å². The first-order chi connectivity index (χ1) is 21.9. The molecular weight excluding hydrogens is 568 g/mol. The molecule has 5 heteroatoms. The number of hydrogen-bond acceptors (Lipinski definition) is 4. The summed E-state index contributed by atoms with van der Waals surface area (Å²) in [7, 11) is 0. The first kappa shape index (κ1) is 31.9. The van der Waals surface area contributed by atoms with Crippen molar-refractivity contribution in [2.24, 2.45) is 51.2 Å². The molecule has 5 aliphatic rings. The molecule has 5 nitrogen and oxygen atoms in total. The summed E-state index contributed by atoms with van der Waals surface area (Å²) >= 11 is 0. The van der Waals surface area contributed by atoms with Crippen LogP contribution < -0.4 is 0 Å². The number of fused-ring (bicyclic) bond motifs is 8. The Balaban J connectivity index is 1.24. The molecule has 0 aliphatic heterocycles. The van der Waals surface area contributed by atoms with Crippen LogP contribution in [0.15, 0.2) is 61.3 Å². The first-order valence-electron chi connectivity index (χ1n) is 18.0. The van der Waals surface area contributed by atoms with E-state index in [9.17, 15) is 9.90 Å². The van der Waals surface area contributed by atoms with E-state index >= 15 is 0 Å². The molecule has 0 unspecified atom stereocenters. The molecule has 0 saturated heterocycles. The number of aromatic nitrogens is 2. The van der Waals surface area contributed by atoms with E-state index in [-0.39, 0.29) is 40.2 Å². The van der Waals surface area contributed by atoms with Crippen molar-refractivity contribution >= 4 is 5.97 Å². The Morgan fingerprint density at radius 2 is 1.78 bits per heavy atom. The summed E-state index contributed by atoms with van der Waals surface area (Å²) < 4.78 is 8.24. The minimum absolute atomic E-state index is 0.0326. The Labute approximate surface area is 276 Å². The monoisotopic (exact) mass is 624 g/mol. The van der Waals surface area contributed by atoms with E-state index in [1.165, 1.54) is 24.0 Å². The average Bonchev–Trinajstić information content (AvgIpc) is 3.63. The Morgan fingerprint density at radius 3 is 2.48 bits per heavy atom. The highest BCUT2D eigenvalue weighted by molar-refractivity contribution is 5.78. The smallest absolute Gasteiger partial charge is 0.312 e. The molecule has 0 radical (unpaired) electrons. The van der Waals surface area contributed by atoms with E-state index in [1.54, 1.807) is 0 Å². The third kappa shape index (κ3) is 4.21. The quantitative estimate of drug-likeness (QED) is 0.248. The van der Waals surface area contributed by atoms with Crippen molar-refractivity contribution < 1.29 is 14.6 Å². The molecule has 1 aromatic heterocycles. The zero-order valence-electron chi connectivity index (χ0n) is 29.0. The zero-order chi connectivity index (χ0) is 32.7. The van der Waals surface area contributed by atoms with Gasteiger partial charge >= 0.3 is 5.97 Å². The van der Waals surface area contributed by atoms with E-state index in [0.29, 0.717) is 36.8 Å². The summed E-state index contributed by atoms with van der Waals surface area (Å²) in [6, 6.07) is 10.1. The van der Waals surface area contributed by atoms with Gasteiger partial charge < -0.3 is 9.84 Å². The summed E-state index contributed by atoms with van der Waals surface area (Å²) in [5.74, 6) is 2.08. The predicted octanol–water partition coefficient (Wildman–Crippen LogP) is 8.46. The molecule has 0 amide bonds. The van der Waals surface area contributed by atoms with Gasteiger partial charge in [-0.25, -0.2) is 0 Å². The maximum atomic E-state index is 14.3. The molecule has 4 fully saturated rings. The van der Waals surface area contributed by atoms with E-state index in [2.05, 4.69) is 54.0 Å². The number of allylic oxidation sites excluding steroid dienone is 2. The Morgan fingerprint density at radius 1 is 1.02 bits per heavy atom. The summed E-state index contributed by atoms with van der Waals surface area (Å²) in [6.45, 7) is 21.9. The van der Waals surface area contributed by atoms with Gasteiger partial charge in [0.2, 0.25) is 0 Å². The van der Waals surface area contributed by atoms with Gasteiger partial charge in [-0.15, -0.1) is 6.58 Å². The van der Waals surface area contributed by atoms with Crippen LogP contribution in [0.2, 0.25) is 0 Å². The van der Waals surface area contributed by atoms with Gasteiger partial charge in [-0.1, -0.05) is 76.3 Å². The van der Waals surface area contributed by atoms with E-state index in [4.69, 9.17) is 9.84 Å². The molecule has 2 aromatic rings. The lowest BCUT2D eigenvalue weighted by Gasteiger charge is -2.72. The summed E-state index contributed by atoms with van der Waals surface area (Å²) in [5, 5.41) is 16.1. The molecule has 248 valence electrons. The lowest BCUT2D eigenvalue weighted by atomic mass is 9.32. The fourth-order valence-electron chi connectivity index (χ4n) is 13.1. The van der Waals surface area contributed by atoms with Crippen molar-refractivity contribution in [1.82, 2.24) is 9.78 Å². The van der Waals surface area contributed by atoms with Crippen molar-refractivity contribution in [2.45, 2.75) is 111 Å². The van der Waals surface area contributed by atoms with Crippen LogP contribution in [-0.4, -0.2) is 27.5 Å². The summed E-state index contributed by atoms with van der Waals surface area (Å²) in [6.07, 6.45) is 13.7.